The zero-order valence-corrected chi connectivity index (χ0v) is 6.40. The molecule has 10 heavy (non-hydrogen) atoms. The standard InChI is InChI=1S/C8H16N2/c1-3-7(4-1)9-10-8-5-2-6-8/h7-10H,1-6H2. The second-order valence-electron chi connectivity index (χ2n) is 3.54. The fourth-order valence-electron chi connectivity index (χ4n) is 1.34. The molecule has 0 saturated heterocycles. The van der Waals surface area contributed by atoms with Gasteiger partial charge >= 0.3 is 0 Å². The Labute approximate surface area is 62.4 Å². The van der Waals surface area contributed by atoms with Crippen molar-refractivity contribution < 1.29 is 0 Å². The van der Waals surface area contributed by atoms with Gasteiger partial charge in [0.15, 0.2) is 0 Å². The maximum Gasteiger partial charge on any atom is 0.0213 e. The molecule has 2 saturated carbocycles. The molecule has 2 fully saturated rings. The molecule has 2 rings (SSSR count). The summed E-state index contributed by atoms with van der Waals surface area (Å²) in [4.78, 5) is 0. The minimum absolute atomic E-state index is 0.792. The molecule has 2 aliphatic rings. The minimum Gasteiger partial charge on any atom is -0.255 e. The molecule has 0 amide bonds. The molecule has 0 bridgehead atoms. The molecule has 2 heteroatoms. The van der Waals surface area contributed by atoms with Crippen molar-refractivity contribution in [3.8, 4) is 0 Å². The predicted molar refractivity (Wildman–Crippen MR) is 41.5 cm³/mol. The molecule has 0 atom stereocenters. The van der Waals surface area contributed by atoms with E-state index in [1.807, 2.05) is 0 Å². The maximum absolute atomic E-state index is 3.37. The number of hydrazine groups is 1. The highest BCUT2D eigenvalue weighted by atomic mass is 15.4. The van der Waals surface area contributed by atoms with Crippen LogP contribution in [0.5, 0.6) is 0 Å². The molecule has 0 aromatic heterocycles. The lowest BCUT2D eigenvalue weighted by molar-refractivity contribution is 0.233. The van der Waals surface area contributed by atoms with Gasteiger partial charge in [0.05, 0.1) is 0 Å². The molecule has 2 aliphatic carbocycles. The van der Waals surface area contributed by atoms with E-state index in [9.17, 15) is 0 Å². The third-order valence-electron chi connectivity index (χ3n) is 2.70. The van der Waals surface area contributed by atoms with E-state index in [0.717, 1.165) is 12.1 Å². The Hall–Kier alpha value is -0.0800. The third-order valence-corrected chi connectivity index (χ3v) is 2.70. The summed E-state index contributed by atoms with van der Waals surface area (Å²) >= 11 is 0. The van der Waals surface area contributed by atoms with Crippen LogP contribution in [0.4, 0.5) is 0 Å². The van der Waals surface area contributed by atoms with Crippen LogP contribution in [0.15, 0.2) is 0 Å². The Kier molecular flexibility index (Phi) is 1.91. The van der Waals surface area contributed by atoms with E-state index in [4.69, 9.17) is 0 Å². The first kappa shape index (κ1) is 6.62. The van der Waals surface area contributed by atoms with Crippen LogP contribution in [-0.4, -0.2) is 12.1 Å². The van der Waals surface area contributed by atoms with E-state index in [1.54, 1.807) is 0 Å². The number of hydrogen-bond donors (Lipinski definition) is 2. The highest BCUT2D eigenvalue weighted by molar-refractivity contribution is 4.79. The number of hydrogen-bond acceptors (Lipinski definition) is 2. The van der Waals surface area contributed by atoms with Gasteiger partial charge in [-0.25, -0.2) is 0 Å². The van der Waals surface area contributed by atoms with E-state index in [1.165, 1.54) is 38.5 Å². The van der Waals surface area contributed by atoms with Crippen LogP contribution < -0.4 is 10.9 Å². The average Bonchev–Trinajstić information content (AvgIpc) is 1.70. The first-order valence-corrected chi connectivity index (χ1v) is 4.46. The Morgan fingerprint density at radius 1 is 0.700 bits per heavy atom. The summed E-state index contributed by atoms with van der Waals surface area (Å²) in [5.74, 6) is 0. The fourth-order valence-corrected chi connectivity index (χ4v) is 1.34. The van der Waals surface area contributed by atoms with Crippen molar-refractivity contribution in [3.05, 3.63) is 0 Å². The zero-order chi connectivity index (χ0) is 6.81. The lowest BCUT2D eigenvalue weighted by Crippen LogP contribution is -2.51. The second-order valence-corrected chi connectivity index (χ2v) is 3.54. The molecular weight excluding hydrogens is 124 g/mol. The minimum atomic E-state index is 0.792. The van der Waals surface area contributed by atoms with E-state index in [-0.39, 0.29) is 0 Å². The van der Waals surface area contributed by atoms with Gasteiger partial charge in [0.1, 0.15) is 0 Å². The summed E-state index contributed by atoms with van der Waals surface area (Å²) in [5, 5.41) is 0. The van der Waals surface area contributed by atoms with Crippen LogP contribution >= 0.6 is 0 Å². The molecule has 0 spiro atoms. The molecule has 0 heterocycles. The van der Waals surface area contributed by atoms with Gasteiger partial charge in [0.25, 0.3) is 0 Å². The molecule has 2 nitrogen and oxygen atoms in total. The third kappa shape index (κ3) is 1.32. The van der Waals surface area contributed by atoms with E-state index >= 15 is 0 Å². The summed E-state index contributed by atoms with van der Waals surface area (Å²) in [6, 6.07) is 1.58. The van der Waals surface area contributed by atoms with Gasteiger partial charge in [0.2, 0.25) is 0 Å². The normalized spacial score (nSPS) is 27.6. The Bertz CT molecular complexity index is 91.8. The molecule has 2 N–H and O–H groups in total. The van der Waals surface area contributed by atoms with E-state index < -0.39 is 0 Å². The smallest absolute Gasteiger partial charge is 0.0213 e. The Balaban J connectivity index is 1.54. The highest BCUT2D eigenvalue weighted by Gasteiger charge is 2.20. The zero-order valence-electron chi connectivity index (χ0n) is 6.40. The summed E-state index contributed by atoms with van der Waals surface area (Å²) in [5.41, 5.74) is 6.74. The molecule has 0 radical (unpaired) electrons. The van der Waals surface area contributed by atoms with Gasteiger partial charge in [-0.2, -0.15) is 0 Å². The number of rotatable bonds is 3. The predicted octanol–water partition coefficient (Wildman–Crippen LogP) is 1.19. The van der Waals surface area contributed by atoms with Crippen LogP contribution in [0.3, 0.4) is 0 Å². The molecule has 0 aromatic rings. The first-order valence-electron chi connectivity index (χ1n) is 4.46. The molecule has 0 aliphatic heterocycles. The lowest BCUT2D eigenvalue weighted by Gasteiger charge is -2.33. The van der Waals surface area contributed by atoms with Crippen LogP contribution in [0.2, 0.25) is 0 Å². The molecule has 0 unspecified atom stereocenters. The van der Waals surface area contributed by atoms with Crippen LogP contribution in [0.1, 0.15) is 38.5 Å². The Morgan fingerprint density at radius 2 is 1.10 bits per heavy atom. The SMILES string of the molecule is C1CC(NNC2CCC2)C1. The largest absolute Gasteiger partial charge is 0.255 e. The highest BCUT2D eigenvalue weighted by Crippen LogP contribution is 2.20. The fraction of sp³-hybridized carbons (Fsp3) is 1.00. The molecule has 0 aromatic carbocycles. The van der Waals surface area contributed by atoms with Crippen molar-refractivity contribution in [2.45, 2.75) is 50.6 Å². The van der Waals surface area contributed by atoms with Gasteiger partial charge in [-0.1, -0.05) is 12.8 Å². The van der Waals surface area contributed by atoms with E-state index in [0.29, 0.717) is 0 Å². The van der Waals surface area contributed by atoms with E-state index in [2.05, 4.69) is 10.9 Å². The van der Waals surface area contributed by atoms with Gasteiger partial charge in [-0.3, -0.25) is 10.9 Å². The lowest BCUT2D eigenvalue weighted by atomic mass is 9.92. The summed E-state index contributed by atoms with van der Waals surface area (Å²) in [7, 11) is 0. The van der Waals surface area contributed by atoms with Crippen LogP contribution in [0, 0.1) is 0 Å². The Morgan fingerprint density at radius 3 is 1.30 bits per heavy atom. The topological polar surface area (TPSA) is 24.1 Å². The molecule has 58 valence electrons. The maximum atomic E-state index is 3.37. The van der Waals surface area contributed by atoms with Gasteiger partial charge < -0.3 is 0 Å². The van der Waals surface area contributed by atoms with Crippen LogP contribution in [0.25, 0.3) is 0 Å². The number of nitrogens with one attached hydrogen (secondary N) is 2. The first-order chi connectivity index (χ1) is 4.95. The van der Waals surface area contributed by atoms with Crippen molar-refractivity contribution in [3.63, 3.8) is 0 Å². The van der Waals surface area contributed by atoms with Crippen molar-refractivity contribution in [2.24, 2.45) is 0 Å². The summed E-state index contributed by atoms with van der Waals surface area (Å²) in [6.45, 7) is 0. The average molecular weight is 140 g/mol. The van der Waals surface area contributed by atoms with Crippen LogP contribution in [-0.2, 0) is 0 Å². The summed E-state index contributed by atoms with van der Waals surface area (Å²) < 4.78 is 0. The van der Waals surface area contributed by atoms with Gasteiger partial charge in [0, 0.05) is 12.1 Å². The van der Waals surface area contributed by atoms with Gasteiger partial charge in [-0.15, -0.1) is 0 Å². The monoisotopic (exact) mass is 140 g/mol. The van der Waals surface area contributed by atoms with Crippen molar-refractivity contribution in [2.75, 3.05) is 0 Å². The van der Waals surface area contributed by atoms with Crippen molar-refractivity contribution >= 4 is 0 Å². The molecular formula is C8H16N2. The van der Waals surface area contributed by atoms with Gasteiger partial charge in [-0.05, 0) is 25.7 Å². The van der Waals surface area contributed by atoms with Crippen molar-refractivity contribution in [1.29, 1.82) is 0 Å². The second kappa shape index (κ2) is 2.89. The summed E-state index contributed by atoms with van der Waals surface area (Å²) in [6.07, 6.45) is 8.34. The quantitative estimate of drug-likeness (QED) is 0.575. The van der Waals surface area contributed by atoms with Crippen molar-refractivity contribution in [1.82, 2.24) is 10.9 Å².